The van der Waals surface area contributed by atoms with E-state index in [1.807, 2.05) is 4.90 Å². The Kier molecular flexibility index (Phi) is 7.33. The van der Waals surface area contributed by atoms with Gasteiger partial charge in [-0.1, -0.05) is 6.07 Å². The molecule has 0 bridgehead atoms. The SMILES string of the molecule is COc1cccc2c1nc(C(F)F)n2-c1nc(N2CCOCC2)nc(N(C)C2CCCN(S(C)(=O)=O)C2)n1. The molecular formula is C23H30F2N8O4S. The third-order valence-corrected chi connectivity index (χ3v) is 8.14. The number of aromatic nitrogens is 5. The van der Waals surface area contributed by atoms with Crippen molar-refractivity contribution in [2.24, 2.45) is 0 Å². The van der Waals surface area contributed by atoms with Crippen molar-refractivity contribution < 1.29 is 26.7 Å². The molecule has 5 rings (SSSR count). The Morgan fingerprint density at radius 3 is 2.53 bits per heavy atom. The Labute approximate surface area is 219 Å². The third kappa shape index (κ3) is 5.09. The van der Waals surface area contributed by atoms with E-state index in [1.54, 1.807) is 30.1 Å². The summed E-state index contributed by atoms with van der Waals surface area (Å²) in [5.74, 6) is 0.400. The zero-order valence-corrected chi connectivity index (χ0v) is 22.2. The number of benzene rings is 1. The second-order valence-corrected chi connectivity index (χ2v) is 11.3. The number of alkyl halides is 2. The van der Waals surface area contributed by atoms with Crippen LogP contribution in [0.15, 0.2) is 18.2 Å². The molecule has 0 N–H and O–H groups in total. The van der Waals surface area contributed by atoms with E-state index in [0.717, 1.165) is 6.42 Å². The van der Waals surface area contributed by atoms with Crippen molar-refractivity contribution in [2.75, 3.05) is 69.6 Å². The minimum Gasteiger partial charge on any atom is -0.494 e. The van der Waals surface area contributed by atoms with Gasteiger partial charge in [-0.3, -0.25) is 4.57 Å². The molecule has 2 saturated heterocycles. The van der Waals surface area contributed by atoms with Gasteiger partial charge in [0, 0.05) is 39.3 Å². The molecular weight excluding hydrogens is 522 g/mol. The zero-order chi connectivity index (χ0) is 27.0. The highest BCUT2D eigenvalue weighted by atomic mass is 32.2. The Morgan fingerprint density at radius 2 is 1.84 bits per heavy atom. The molecule has 1 unspecified atom stereocenters. The van der Waals surface area contributed by atoms with Gasteiger partial charge in [0.2, 0.25) is 27.9 Å². The number of hydrogen-bond donors (Lipinski definition) is 0. The maximum Gasteiger partial charge on any atom is 0.296 e. The molecule has 0 amide bonds. The van der Waals surface area contributed by atoms with Crippen molar-refractivity contribution >= 4 is 33.0 Å². The Balaban J connectivity index is 1.64. The van der Waals surface area contributed by atoms with Crippen molar-refractivity contribution in [1.29, 1.82) is 0 Å². The Hall–Kier alpha value is -3.17. The fourth-order valence-electron chi connectivity index (χ4n) is 4.82. The highest BCUT2D eigenvalue weighted by molar-refractivity contribution is 7.88. The number of rotatable bonds is 7. The predicted octanol–water partition coefficient (Wildman–Crippen LogP) is 1.85. The van der Waals surface area contributed by atoms with Crippen LogP contribution in [0, 0.1) is 0 Å². The lowest BCUT2D eigenvalue weighted by Gasteiger charge is -2.36. The van der Waals surface area contributed by atoms with Crippen LogP contribution in [0.5, 0.6) is 5.75 Å². The average Bonchev–Trinajstić information content (AvgIpc) is 3.33. The number of imidazole rings is 1. The van der Waals surface area contributed by atoms with Gasteiger partial charge in [-0.25, -0.2) is 26.5 Å². The number of halogens is 2. The molecule has 4 heterocycles. The Morgan fingerprint density at radius 1 is 1.11 bits per heavy atom. The summed E-state index contributed by atoms with van der Waals surface area (Å²) in [6.45, 7) is 2.73. The van der Waals surface area contributed by atoms with Gasteiger partial charge in [0.1, 0.15) is 11.3 Å². The first kappa shape index (κ1) is 26.4. The van der Waals surface area contributed by atoms with Gasteiger partial charge in [-0.2, -0.15) is 15.0 Å². The fraction of sp³-hybridized carbons (Fsp3) is 0.565. The molecule has 2 fully saturated rings. The van der Waals surface area contributed by atoms with Crippen molar-refractivity contribution in [3.05, 3.63) is 24.0 Å². The Bertz CT molecular complexity index is 1410. The highest BCUT2D eigenvalue weighted by Gasteiger charge is 2.31. The van der Waals surface area contributed by atoms with Gasteiger partial charge in [-0.15, -0.1) is 0 Å². The zero-order valence-electron chi connectivity index (χ0n) is 21.4. The first-order chi connectivity index (χ1) is 18.2. The van der Waals surface area contributed by atoms with Crippen LogP contribution in [0.25, 0.3) is 17.0 Å². The molecule has 3 aromatic rings. The fourth-order valence-corrected chi connectivity index (χ4v) is 5.72. The summed E-state index contributed by atoms with van der Waals surface area (Å²) in [7, 11) is -0.136. The third-order valence-electron chi connectivity index (χ3n) is 6.87. The molecule has 0 saturated carbocycles. The van der Waals surface area contributed by atoms with Crippen molar-refractivity contribution in [3.8, 4) is 11.7 Å². The molecule has 1 atom stereocenters. The second-order valence-electron chi connectivity index (χ2n) is 9.30. The molecule has 2 aliphatic rings. The van der Waals surface area contributed by atoms with Crippen LogP contribution in [-0.2, 0) is 14.8 Å². The number of morpholine rings is 1. The molecule has 2 aromatic heterocycles. The summed E-state index contributed by atoms with van der Waals surface area (Å²) in [6.07, 6.45) is -0.308. The summed E-state index contributed by atoms with van der Waals surface area (Å²) < 4.78 is 66.4. The lowest BCUT2D eigenvalue weighted by molar-refractivity contribution is 0.122. The quantitative estimate of drug-likeness (QED) is 0.430. The van der Waals surface area contributed by atoms with Gasteiger partial charge in [0.25, 0.3) is 6.43 Å². The van der Waals surface area contributed by atoms with Gasteiger partial charge < -0.3 is 19.3 Å². The van der Waals surface area contributed by atoms with Crippen LogP contribution < -0.4 is 14.5 Å². The number of para-hydroxylation sites is 1. The lowest BCUT2D eigenvalue weighted by Crippen LogP contribution is -2.49. The molecule has 12 nitrogen and oxygen atoms in total. The first-order valence-corrected chi connectivity index (χ1v) is 14.1. The normalized spacial score (nSPS) is 19.3. The maximum absolute atomic E-state index is 14.3. The van der Waals surface area contributed by atoms with E-state index in [2.05, 4.69) is 19.9 Å². The van der Waals surface area contributed by atoms with E-state index in [1.165, 1.54) is 22.2 Å². The van der Waals surface area contributed by atoms with Gasteiger partial charge in [0.15, 0.2) is 5.82 Å². The van der Waals surface area contributed by atoms with Crippen LogP contribution in [0.1, 0.15) is 25.1 Å². The summed E-state index contributed by atoms with van der Waals surface area (Å²) in [5.41, 5.74) is 0.637. The summed E-state index contributed by atoms with van der Waals surface area (Å²) in [6, 6.07) is 4.79. The van der Waals surface area contributed by atoms with Gasteiger partial charge in [0.05, 0.1) is 32.1 Å². The number of hydrogen-bond acceptors (Lipinski definition) is 10. The number of sulfonamides is 1. The lowest BCUT2D eigenvalue weighted by atomic mass is 10.1. The molecule has 206 valence electrons. The van der Waals surface area contributed by atoms with Crippen molar-refractivity contribution in [3.63, 3.8) is 0 Å². The first-order valence-electron chi connectivity index (χ1n) is 12.3. The second kappa shape index (κ2) is 10.5. The number of ether oxygens (including phenoxy) is 2. The largest absolute Gasteiger partial charge is 0.494 e. The molecule has 0 spiro atoms. The number of piperidine rings is 1. The summed E-state index contributed by atoms with van der Waals surface area (Å²) >= 11 is 0. The molecule has 2 aliphatic heterocycles. The van der Waals surface area contributed by atoms with Crippen LogP contribution in [0.2, 0.25) is 0 Å². The van der Waals surface area contributed by atoms with Gasteiger partial charge in [-0.05, 0) is 25.0 Å². The highest BCUT2D eigenvalue weighted by Crippen LogP contribution is 2.32. The number of nitrogens with zero attached hydrogens (tertiary/aromatic N) is 8. The number of likely N-dealkylation sites (N-methyl/N-ethyl adjacent to an activating group) is 1. The summed E-state index contributed by atoms with van der Waals surface area (Å²) in [5, 5.41) is 0. The van der Waals surface area contributed by atoms with Crippen LogP contribution >= 0.6 is 0 Å². The van der Waals surface area contributed by atoms with Gasteiger partial charge >= 0.3 is 0 Å². The monoisotopic (exact) mass is 552 g/mol. The number of anilines is 2. The van der Waals surface area contributed by atoms with E-state index < -0.39 is 22.3 Å². The number of methoxy groups -OCH3 is 1. The van der Waals surface area contributed by atoms with Crippen molar-refractivity contribution in [1.82, 2.24) is 28.8 Å². The topological polar surface area (TPSA) is 119 Å². The average molecular weight is 553 g/mol. The minimum atomic E-state index is -3.37. The van der Waals surface area contributed by atoms with E-state index in [4.69, 9.17) is 9.47 Å². The van der Waals surface area contributed by atoms with Crippen LogP contribution in [0.3, 0.4) is 0 Å². The van der Waals surface area contributed by atoms with Crippen LogP contribution in [-0.4, -0.2) is 103 Å². The van der Waals surface area contributed by atoms with Crippen LogP contribution in [0.4, 0.5) is 20.7 Å². The van der Waals surface area contributed by atoms with E-state index >= 15 is 0 Å². The standard InChI is InChI=1S/C23H30F2N8O4S/c1-30(15-6-5-9-32(14-15)38(3,34)35)21-27-22(31-10-12-37-13-11-31)29-23(28-21)33-16-7-4-8-17(36-2)18(16)26-20(33)19(24)25/h4,7-8,15,19H,5-6,9-14H2,1-3H3. The molecule has 15 heteroatoms. The predicted molar refractivity (Wildman–Crippen MR) is 137 cm³/mol. The summed E-state index contributed by atoms with van der Waals surface area (Å²) in [4.78, 5) is 21.8. The number of fused-ring (bicyclic) bond motifs is 1. The smallest absolute Gasteiger partial charge is 0.296 e. The molecule has 0 radical (unpaired) electrons. The van der Waals surface area contributed by atoms with E-state index in [9.17, 15) is 17.2 Å². The van der Waals surface area contributed by atoms with Crippen molar-refractivity contribution in [2.45, 2.75) is 25.3 Å². The van der Waals surface area contributed by atoms with E-state index in [-0.39, 0.29) is 30.0 Å². The molecule has 38 heavy (non-hydrogen) atoms. The molecule has 0 aliphatic carbocycles. The minimum absolute atomic E-state index is 0.00910. The molecule has 1 aromatic carbocycles. The van der Waals surface area contributed by atoms with E-state index in [0.29, 0.717) is 56.5 Å². The maximum atomic E-state index is 14.3.